The topological polar surface area (TPSA) is 30.5 Å². The molecule has 0 unspecified atom stereocenters. The molecule has 3 nitrogen and oxygen atoms in total. The van der Waals surface area contributed by atoms with Crippen LogP contribution in [0, 0.1) is 0 Å². The summed E-state index contributed by atoms with van der Waals surface area (Å²) in [6, 6.07) is 8.55. The van der Waals surface area contributed by atoms with E-state index >= 15 is 0 Å². The molecule has 1 aromatic carbocycles. The third kappa shape index (κ3) is 2.85. The minimum atomic E-state index is 0.220. The number of likely N-dealkylation sites (N-methyl/N-ethyl adjacent to an activating group) is 1. The molecule has 1 heterocycles. The van der Waals surface area contributed by atoms with Crippen LogP contribution in [0.2, 0.25) is 0 Å². The van der Waals surface area contributed by atoms with Crippen molar-refractivity contribution in [2.24, 2.45) is 0 Å². The molecule has 0 aliphatic carbocycles. The number of hydrogen-bond donors (Lipinski definition) is 1. The molecule has 1 aliphatic rings. The highest BCUT2D eigenvalue weighted by Gasteiger charge is 2.33. The van der Waals surface area contributed by atoms with Crippen LogP contribution in [0.25, 0.3) is 0 Å². The van der Waals surface area contributed by atoms with E-state index in [1.165, 1.54) is 5.56 Å². The van der Waals surface area contributed by atoms with E-state index < -0.39 is 0 Å². The normalized spacial score (nSPS) is 18.6. The Bertz CT molecular complexity index is 350. The highest BCUT2D eigenvalue weighted by molar-refractivity contribution is 5.33. The van der Waals surface area contributed by atoms with Crippen LogP contribution in [-0.4, -0.2) is 33.4 Å². The fourth-order valence-corrected chi connectivity index (χ4v) is 2.74. The molecular formula is C15H23NO2. The van der Waals surface area contributed by atoms with Crippen molar-refractivity contribution in [3.05, 3.63) is 29.8 Å². The van der Waals surface area contributed by atoms with E-state index in [1.807, 2.05) is 14.0 Å². The highest BCUT2D eigenvalue weighted by Crippen LogP contribution is 2.35. The lowest BCUT2D eigenvalue weighted by molar-refractivity contribution is 0.0505. The van der Waals surface area contributed by atoms with E-state index in [4.69, 9.17) is 9.47 Å². The molecule has 0 spiro atoms. The van der Waals surface area contributed by atoms with Crippen molar-refractivity contribution >= 4 is 0 Å². The van der Waals surface area contributed by atoms with Gasteiger partial charge in [0.2, 0.25) is 0 Å². The van der Waals surface area contributed by atoms with Crippen LogP contribution in [0.3, 0.4) is 0 Å². The Morgan fingerprint density at radius 3 is 2.44 bits per heavy atom. The van der Waals surface area contributed by atoms with Gasteiger partial charge in [0.05, 0.1) is 6.61 Å². The van der Waals surface area contributed by atoms with Gasteiger partial charge in [-0.05, 0) is 44.5 Å². The average molecular weight is 249 g/mol. The molecule has 1 fully saturated rings. The van der Waals surface area contributed by atoms with Crippen LogP contribution >= 0.6 is 0 Å². The minimum absolute atomic E-state index is 0.220. The molecule has 18 heavy (non-hydrogen) atoms. The summed E-state index contributed by atoms with van der Waals surface area (Å²) in [7, 11) is 2.02. The predicted molar refractivity (Wildman–Crippen MR) is 73.3 cm³/mol. The van der Waals surface area contributed by atoms with Gasteiger partial charge in [-0.3, -0.25) is 0 Å². The second-order valence-corrected chi connectivity index (χ2v) is 4.88. The second kappa shape index (κ2) is 6.21. The standard InChI is InChI=1S/C15H23NO2/c1-3-18-14-6-4-13(5-7-14)15(12-16-2)8-10-17-11-9-15/h4-7,16H,3,8-12H2,1-2H3. The zero-order chi connectivity index (χ0) is 12.8. The van der Waals surface area contributed by atoms with Gasteiger partial charge in [-0.15, -0.1) is 0 Å². The fraction of sp³-hybridized carbons (Fsp3) is 0.600. The molecule has 0 atom stereocenters. The Labute approximate surface area is 109 Å². The first-order valence-electron chi connectivity index (χ1n) is 6.76. The summed E-state index contributed by atoms with van der Waals surface area (Å²) in [6.45, 7) is 5.44. The van der Waals surface area contributed by atoms with Gasteiger partial charge in [-0.2, -0.15) is 0 Å². The van der Waals surface area contributed by atoms with Gasteiger partial charge in [-0.25, -0.2) is 0 Å². The number of ether oxygens (including phenoxy) is 2. The van der Waals surface area contributed by atoms with Gasteiger partial charge in [0.15, 0.2) is 0 Å². The molecule has 3 heteroatoms. The van der Waals surface area contributed by atoms with E-state index in [0.29, 0.717) is 0 Å². The minimum Gasteiger partial charge on any atom is -0.494 e. The van der Waals surface area contributed by atoms with E-state index in [9.17, 15) is 0 Å². The largest absolute Gasteiger partial charge is 0.494 e. The highest BCUT2D eigenvalue weighted by atomic mass is 16.5. The number of benzene rings is 1. The summed E-state index contributed by atoms with van der Waals surface area (Å²) in [5, 5.41) is 3.33. The summed E-state index contributed by atoms with van der Waals surface area (Å²) in [4.78, 5) is 0. The van der Waals surface area contributed by atoms with Gasteiger partial charge in [-0.1, -0.05) is 12.1 Å². The van der Waals surface area contributed by atoms with Crippen molar-refractivity contribution in [3.8, 4) is 5.75 Å². The quantitative estimate of drug-likeness (QED) is 0.869. The monoisotopic (exact) mass is 249 g/mol. The van der Waals surface area contributed by atoms with Gasteiger partial charge >= 0.3 is 0 Å². The summed E-state index contributed by atoms with van der Waals surface area (Å²) < 4.78 is 11.0. The van der Waals surface area contributed by atoms with Crippen LogP contribution in [0.15, 0.2) is 24.3 Å². The van der Waals surface area contributed by atoms with Gasteiger partial charge in [0, 0.05) is 25.2 Å². The fourth-order valence-electron chi connectivity index (χ4n) is 2.74. The molecule has 0 amide bonds. The Morgan fingerprint density at radius 2 is 1.89 bits per heavy atom. The smallest absolute Gasteiger partial charge is 0.119 e. The van der Waals surface area contributed by atoms with Crippen molar-refractivity contribution in [1.82, 2.24) is 5.32 Å². The molecule has 0 aromatic heterocycles. The maximum absolute atomic E-state index is 5.50. The average Bonchev–Trinajstić information content (AvgIpc) is 2.41. The lowest BCUT2D eigenvalue weighted by atomic mass is 9.74. The summed E-state index contributed by atoms with van der Waals surface area (Å²) in [5.41, 5.74) is 1.61. The van der Waals surface area contributed by atoms with Crippen LogP contribution in [0.1, 0.15) is 25.3 Å². The molecule has 100 valence electrons. The second-order valence-electron chi connectivity index (χ2n) is 4.88. The van der Waals surface area contributed by atoms with E-state index in [1.54, 1.807) is 0 Å². The Morgan fingerprint density at radius 1 is 1.22 bits per heavy atom. The Hall–Kier alpha value is -1.06. The number of nitrogens with one attached hydrogen (secondary N) is 1. The van der Waals surface area contributed by atoms with Gasteiger partial charge < -0.3 is 14.8 Å². The number of hydrogen-bond acceptors (Lipinski definition) is 3. The van der Waals surface area contributed by atoms with Gasteiger partial charge in [0.25, 0.3) is 0 Å². The van der Waals surface area contributed by atoms with Crippen LogP contribution in [0.4, 0.5) is 0 Å². The molecule has 2 rings (SSSR count). The van der Waals surface area contributed by atoms with Gasteiger partial charge in [0.1, 0.15) is 5.75 Å². The van der Waals surface area contributed by atoms with Crippen molar-refractivity contribution < 1.29 is 9.47 Å². The molecular weight excluding hydrogens is 226 g/mol. The van der Waals surface area contributed by atoms with E-state index in [0.717, 1.165) is 45.0 Å². The van der Waals surface area contributed by atoms with Crippen molar-refractivity contribution in [3.63, 3.8) is 0 Å². The van der Waals surface area contributed by atoms with E-state index in [2.05, 4.69) is 29.6 Å². The summed E-state index contributed by atoms with van der Waals surface area (Å²) >= 11 is 0. The van der Waals surface area contributed by atoms with Crippen molar-refractivity contribution in [2.45, 2.75) is 25.2 Å². The summed E-state index contributed by atoms with van der Waals surface area (Å²) in [6.07, 6.45) is 2.17. The summed E-state index contributed by atoms with van der Waals surface area (Å²) in [5.74, 6) is 0.952. The first-order chi connectivity index (χ1) is 8.80. The molecule has 1 aliphatic heterocycles. The number of rotatable bonds is 5. The lowest BCUT2D eigenvalue weighted by Gasteiger charge is -2.37. The predicted octanol–water partition coefficient (Wildman–Crippen LogP) is 2.35. The molecule has 0 bridgehead atoms. The molecule has 1 saturated heterocycles. The van der Waals surface area contributed by atoms with E-state index in [-0.39, 0.29) is 5.41 Å². The molecule has 0 saturated carbocycles. The molecule has 1 N–H and O–H groups in total. The lowest BCUT2D eigenvalue weighted by Crippen LogP contribution is -2.41. The Balaban J connectivity index is 2.19. The Kier molecular flexibility index (Phi) is 4.61. The van der Waals surface area contributed by atoms with Crippen LogP contribution in [-0.2, 0) is 10.2 Å². The van der Waals surface area contributed by atoms with Crippen molar-refractivity contribution in [1.29, 1.82) is 0 Å². The van der Waals surface area contributed by atoms with Crippen LogP contribution in [0.5, 0.6) is 5.75 Å². The SMILES string of the molecule is CCOc1ccc(C2(CNC)CCOCC2)cc1. The maximum Gasteiger partial charge on any atom is 0.119 e. The molecule has 0 radical (unpaired) electrons. The third-order valence-electron chi connectivity index (χ3n) is 3.74. The first-order valence-corrected chi connectivity index (χ1v) is 6.76. The zero-order valence-electron chi connectivity index (χ0n) is 11.4. The zero-order valence-corrected chi connectivity index (χ0v) is 11.4. The third-order valence-corrected chi connectivity index (χ3v) is 3.74. The van der Waals surface area contributed by atoms with Crippen molar-refractivity contribution in [2.75, 3.05) is 33.4 Å². The first kappa shape index (κ1) is 13.4. The maximum atomic E-state index is 5.50. The van der Waals surface area contributed by atoms with Crippen LogP contribution < -0.4 is 10.1 Å². The molecule has 1 aromatic rings.